The summed E-state index contributed by atoms with van der Waals surface area (Å²) in [5, 5.41) is 5.31. The Morgan fingerprint density at radius 1 is 1.30 bits per heavy atom. The lowest BCUT2D eigenvalue weighted by Gasteiger charge is -2.16. The molecule has 0 saturated heterocycles. The maximum Gasteiger partial charge on any atom is 0.416 e. The van der Waals surface area contributed by atoms with Crippen LogP contribution in [0.5, 0.6) is 0 Å². The van der Waals surface area contributed by atoms with Gasteiger partial charge in [-0.2, -0.15) is 18.3 Å². The van der Waals surface area contributed by atoms with Crippen molar-refractivity contribution in [1.29, 1.82) is 0 Å². The first-order chi connectivity index (χ1) is 9.20. The minimum atomic E-state index is -4.39. The molecule has 0 saturated carbocycles. The van der Waals surface area contributed by atoms with Crippen LogP contribution in [0.2, 0.25) is 0 Å². The molecular weight excluding hydrogens is 269 g/mol. The molecule has 3 nitrogen and oxygen atoms in total. The van der Waals surface area contributed by atoms with E-state index < -0.39 is 11.7 Å². The monoisotopic (exact) mass is 284 g/mol. The van der Waals surface area contributed by atoms with Gasteiger partial charge in [-0.3, -0.25) is 4.79 Å². The van der Waals surface area contributed by atoms with Crippen LogP contribution in [0, 0.1) is 12.8 Å². The second-order valence-electron chi connectivity index (χ2n) is 5.01. The van der Waals surface area contributed by atoms with E-state index in [4.69, 9.17) is 0 Å². The van der Waals surface area contributed by atoms with Gasteiger partial charge in [-0.1, -0.05) is 12.1 Å². The molecule has 0 radical (unpaired) electrons. The Balaban J connectivity index is 2.26. The minimum Gasteiger partial charge on any atom is -0.272 e. The normalized spacial score (nSPS) is 19.5. The number of hydrogen-bond donors (Lipinski definition) is 0. The van der Waals surface area contributed by atoms with Crippen molar-refractivity contribution < 1.29 is 18.0 Å². The van der Waals surface area contributed by atoms with E-state index >= 15 is 0 Å². The number of rotatable bonds is 2. The van der Waals surface area contributed by atoms with E-state index in [-0.39, 0.29) is 23.9 Å². The van der Waals surface area contributed by atoms with Crippen molar-refractivity contribution in [3.63, 3.8) is 0 Å². The quantitative estimate of drug-likeness (QED) is 0.819. The fraction of sp³-hybridized carbons (Fsp3) is 0.429. The fourth-order valence-corrected chi connectivity index (χ4v) is 2.09. The van der Waals surface area contributed by atoms with Crippen molar-refractivity contribution in [3.05, 3.63) is 34.9 Å². The summed E-state index contributed by atoms with van der Waals surface area (Å²) in [6, 6.07) is 4.08. The van der Waals surface area contributed by atoms with E-state index in [9.17, 15) is 18.0 Å². The molecule has 1 aromatic rings. The van der Waals surface area contributed by atoms with Crippen LogP contribution in [0.1, 0.15) is 30.5 Å². The molecule has 1 aliphatic rings. The average molecular weight is 284 g/mol. The lowest BCUT2D eigenvalue weighted by molar-refractivity contribution is -0.138. The third kappa shape index (κ3) is 2.69. The fourth-order valence-electron chi connectivity index (χ4n) is 2.09. The molecule has 0 spiro atoms. The zero-order valence-electron chi connectivity index (χ0n) is 11.5. The first-order valence-electron chi connectivity index (χ1n) is 6.23. The summed E-state index contributed by atoms with van der Waals surface area (Å²) in [6.07, 6.45) is -4.39. The first kappa shape index (κ1) is 14.6. The van der Waals surface area contributed by atoms with Gasteiger partial charge in [0.05, 0.1) is 18.0 Å². The number of hydrogen-bond acceptors (Lipinski definition) is 2. The maximum absolute atomic E-state index is 12.8. The Kier molecular flexibility index (Phi) is 3.58. The van der Waals surface area contributed by atoms with Crippen LogP contribution in [0.3, 0.4) is 0 Å². The number of carbonyl (C=O) groups excluding carboxylic acids is 1. The summed E-state index contributed by atoms with van der Waals surface area (Å²) in [6.45, 7) is 4.94. The van der Waals surface area contributed by atoms with E-state index in [1.54, 1.807) is 19.9 Å². The van der Waals surface area contributed by atoms with Crippen molar-refractivity contribution in [2.45, 2.75) is 33.5 Å². The number of nitrogens with zero attached hydrogens (tertiary/aromatic N) is 2. The molecule has 0 bridgehead atoms. The highest BCUT2D eigenvalue weighted by Gasteiger charge is 2.33. The highest BCUT2D eigenvalue weighted by Crippen LogP contribution is 2.32. The van der Waals surface area contributed by atoms with Gasteiger partial charge in [-0.05, 0) is 38.0 Å². The standard InChI is InChI=1S/C14H15F3N2O/c1-8-4-5-11(6-12(8)14(15,16)17)7-19-13(20)9(2)10(3)18-19/h4-6,9H,7H2,1-3H3. The molecule has 1 amide bonds. The molecule has 1 aliphatic heterocycles. The highest BCUT2D eigenvalue weighted by molar-refractivity contribution is 6.06. The zero-order valence-corrected chi connectivity index (χ0v) is 11.5. The summed E-state index contributed by atoms with van der Waals surface area (Å²) in [5.41, 5.74) is 0.595. The second kappa shape index (κ2) is 4.92. The molecule has 20 heavy (non-hydrogen) atoms. The third-order valence-corrected chi connectivity index (χ3v) is 3.47. The number of carbonyl (C=O) groups is 1. The molecule has 1 aromatic carbocycles. The summed E-state index contributed by atoms with van der Waals surface area (Å²) in [4.78, 5) is 11.9. The molecule has 108 valence electrons. The van der Waals surface area contributed by atoms with Crippen molar-refractivity contribution in [1.82, 2.24) is 5.01 Å². The molecule has 0 aromatic heterocycles. The van der Waals surface area contributed by atoms with Crippen LogP contribution in [-0.2, 0) is 17.5 Å². The molecule has 1 atom stereocenters. The third-order valence-electron chi connectivity index (χ3n) is 3.47. The summed E-state index contributed by atoms with van der Waals surface area (Å²) in [5.74, 6) is -0.487. The lowest BCUT2D eigenvalue weighted by atomic mass is 10.0. The van der Waals surface area contributed by atoms with Gasteiger partial charge in [0.25, 0.3) is 5.91 Å². The number of hydrazone groups is 1. The van der Waals surface area contributed by atoms with Crippen molar-refractivity contribution in [3.8, 4) is 0 Å². The number of alkyl halides is 3. The van der Waals surface area contributed by atoms with Crippen molar-refractivity contribution in [2.24, 2.45) is 11.0 Å². The highest BCUT2D eigenvalue weighted by atomic mass is 19.4. The Hall–Kier alpha value is -1.85. The predicted molar refractivity (Wildman–Crippen MR) is 69.0 cm³/mol. The van der Waals surface area contributed by atoms with E-state index in [0.717, 1.165) is 6.07 Å². The van der Waals surface area contributed by atoms with Gasteiger partial charge in [0.2, 0.25) is 0 Å². The Morgan fingerprint density at radius 2 is 1.95 bits per heavy atom. The SMILES string of the molecule is CC1=NN(Cc2ccc(C)c(C(F)(F)F)c2)C(=O)C1C. The van der Waals surface area contributed by atoms with Crippen LogP contribution >= 0.6 is 0 Å². The zero-order chi connectivity index (χ0) is 15.1. The van der Waals surface area contributed by atoms with Gasteiger partial charge in [-0.15, -0.1) is 0 Å². The largest absolute Gasteiger partial charge is 0.416 e. The van der Waals surface area contributed by atoms with Gasteiger partial charge in [0.1, 0.15) is 0 Å². The molecule has 0 fully saturated rings. The summed E-state index contributed by atoms with van der Waals surface area (Å²) >= 11 is 0. The summed E-state index contributed by atoms with van der Waals surface area (Å²) in [7, 11) is 0. The Labute approximate surface area is 115 Å². The Bertz CT molecular complexity index is 578. The van der Waals surface area contributed by atoms with Crippen molar-refractivity contribution >= 4 is 11.6 Å². The van der Waals surface area contributed by atoms with Crippen molar-refractivity contribution in [2.75, 3.05) is 0 Å². The Morgan fingerprint density at radius 3 is 2.45 bits per heavy atom. The van der Waals surface area contributed by atoms with Gasteiger partial charge in [0, 0.05) is 5.71 Å². The van der Waals surface area contributed by atoms with Gasteiger partial charge in [0.15, 0.2) is 0 Å². The molecule has 0 aliphatic carbocycles. The van der Waals surface area contributed by atoms with Crippen LogP contribution in [-0.4, -0.2) is 16.6 Å². The smallest absolute Gasteiger partial charge is 0.272 e. The summed E-state index contributed by atoms with van der Waals surface area (Å²) < 4.78 is 38.5. The van der Waals surface area contributed by atoms with E-state index in [1.165, 1.54) is 18.0 Å². The van der Waals surface area contributed by atoms with Crippen LogP contribution in [0.4, 0.5) is 13.2 Å². The second-order valence-corrected chi connectivity index (χ2v) is 5.01. The topological polar surface area (TPSA) is 32.7 Å². The van der Waals surface area contributed by atoms with Crippen LogP contribution < -0.4 is 0 Å². The molecule has 1 heterocycles. The minimum absolute atomic E-state index is 0.0594. The number of amides is 1. The number of halogens is 3. The molecule has 1 unspecified atom stereocenters. The van der Waals surface area contributed by atoms with E-state index in [0.29, 0.717) is 11.3 Å². The molecule has 6 heteroatoms. The first-order valence-corrected chi connectivity index (χ1v) is 6.23. The van der Waals surface area contributed by atoms with Gasteiger partial charge < -0.3 is 0 Å². The maximum atomic E-state index is 12.8. The molecular formula is C14H15F3N2O. The molecule has 0 N–H and O–H groups in total. The van der Waals surface area contributed by atoms with E-state index in [1.807, 2.05) is 0 Å². The average Bonchev–Trinajstić information content (AvgIpc) is 2.58. The van der Waals surface area contributed by atoms with Crippen LogP contribution in [0.15, 0.2) is 23.3 Å². The number of aryl methyl sites for hydroxylation is 1. The predicted octanol–water partition coefficient (Wildman–Crippen LogP) is 3.37. The lowest BCUT2D eigenvalue weighted by Crippen LogP contribution is -2.25. The van der Waals surface area contributed by atoms with E-state index in [2.05, 4.69) is 5.10 Å². The molecule has 2 rings (SSSR count). The van der Waals surface area contributed by atoms with Gasteiger partial charge in [-0.25, -0.2) is 5.01 Å². The van der Waals surface area contributed by atoms with Crippen LogP contribution in [0.25, 0.3) is 0 Å². The van der Waals surface area contributed by atoms with Gasteiger partial charge >= 0.3 is 6.18 Å². The number of benzene rings is 1.